The van der Waals surface area contributed by atoms with Crippen LogP contribution >= 0.6 is 11.8 Å². The van der Waals surface area contributed by atoms with Crippen LogP contribution in [0, 0.1) is 6.92 Å². The van der Waals surface area contributed by atoms with Crippen LogP contribution < -0.4 is 10.2 Å². The fraction of sp³-hybridized carbons (Fsp3) is 0.115. The molecule has 9 nitrogen and oxygen atoms in total. The summed E-state index contributed by atoms with van der Waals surface area (Å²) in [6, 6.07) is 24.5. The van der Waals surface area contributed by atoms with E-state index in [4.69, 9.17) is 9.84 Å². The number of amides is 1. The van der Waals surface area contributed by atoms with Crippen molar-refractivity contribution in [1.82, 2.24) is 20.2 Å². The fourth-order valence-electron chi connectivity index (χ4n) is 3.26. The second-order valence-electron chi connectivity index (χ2n) is 7.65. The number of carboxylic acid groups (broad SMARTS) is 1. The molecule has 4 rings (SSSR count). The molecule has 0 saturated carbocycles. The maximum atomic E-state index is 12.5. The van der Waals surface area contributed by atoms with E-state index in [2.05, 4.69) is 20.7 Å². The number of thioether (sulfide) groups is 1. The summed E-state index contributed by atoms with van der Waals surface area (Å²) in [5, 5.41) is 22.1. The summed E-state index contributed by atoms with van der Waals surface area (Å²) in [5.41, 5.74) is 5.96. The maximum absolute atomic E-state index is 12.5. The molecule has 0 fully saturated rings. The van der Waals surface area contributed by atoms with Crippen LogP contribution in [0.25, 0.3) is 17.1 Å². The van der Waals surface area contributed by atoms with Gasteiger partial charge in [-0.05, 0) is 31.2 Å². The molecule has 0 unspecified atom stereocenters. The largest absolute Gasteiger partial charge is 0.481 e. The SMILES string of the molecule is Cc1ccc(-n2c(SCC(=O)NN=Cc3ccccc3OCC(=O)O)nnc2-c2ccccc2)cc1. The zero-order valence-electron chi connectivity index (χ0n) is 19.4. The highest BCUT2D eigenvalue weighted by Gasteiger charge is 2.17. The molecule has 0 bridgehead atoms. The first-order valence-corrected chi connectivity index (χ1v) is 12.0. The van der Waals surface area contributed by atoms with E-state index in [9.17, 15) is 9.59 Å². The van der Waals surface area contributed by atoms with Crippen molar-refractivity contribution in [1.29, 1.82) is 0 Å². The van der Waals surface area contributed by atoms with Crippen molar-refractivity contribution in [2.45, 2.75) is 12.1 Å². The minimum atomic E-state index is -1.08. The molecule has 1 aromatic heterocycles. The number of hydrazone groups is 1. The molecule has 36 heavy (non-hydrogen) atoms. The normalized spacial score (nSPS) is 10.9. The third-order valence-electron chi connectivity index (χ3n) is 4.95. The predicted molar refractivity (Wildman–Crippen MR) is 138 cm³/mol. The number of rotatable bonds is 10. The highest BCUT2D eigenvalue weighted by Crippen LogP contribution is 2.28. The quantitative estimate of drug-likeness (QED) is 0.192. The number of aryl methyl sites for hydroxylation is 1. The van der Waals surface area contributed by atoms with Crippen molar-refractivity contribution in [3.63, 3.8) is 0 Å². The summed E-state index contributed by atoms with van der Waals surface area (Å²) in [5.74, 6) is -0.320. The first-order valence-electron chi connectivity index (χ1n) is 11.0. The Bertz CT molecular complexity index is 1370. The molecule has 182 valence electrons. The number of carbonyl (C=O) groups is 2. The van der Waals surface area contributed by atoms with Crippen LogP contribution in [0.15, 0.2) is 89.1 Å². The van der Waals surface area contributed by atoms with Crippen molar-refractivity contribution in [3.05, 3.63) is 90.0 Å². The van der Waals surface area contributed by atoms with Gasteiger partial charge in [0.25, 0.3) is 5.91 Å². The molecule has 3 aromatic carbocycles. The topological polar surface area (TPSA) is 119 Å². The van der Waals surface area contributed by atoms with Crippen LogP contribution in [0.1, 0.15) is 11.1 Å². The van der Waals surface area contributed by atoms with E-state index >= 15 is 0 Å². The standard InChI is InChI=1S/C26H23N5O4S/c1-18-11-13-21(14-12-18)31-25(19-7-3-2-4-8-19)29-30-26(31)36-17-23(32)28-27-15-20-9-5-6-10-22(20)35-16-24(33)34/h2-15H,16-17H2,1H3,(H,28,32)(H,33,34). The number of hydrogen-bond acceptors (Lipinski definition) is 7. The van der Waals surface area contributed by atoms with Crippen LogP contribution in [-0.4, -0.2) is 50.3 Å². The molecule has 4 aromatic rings. The monoisotopic (exact) mass is 501 g/mol. The van der Waals surface area contributed by atoms with Crippen molar-refractivity contribution < 1.29 is 19.4 Å². The summed E-state index contributed by atoms with van der Waals surface area (Å²) < 4.78 is 7.16. The van der Waals surface area contributed by atoms with E-state index in [0.717, 1.165) is 16.8 Å². The number of aromatic nitrogens is 3. The molecule has 0 aliphatic carbocycles. The molecule has 0 saturated heterocycles. The molecule has 1 amide bonds. The van der Waals surface area contributed by atoms with Gasteiger partial charge in [-0.15, -0.1) is 10.2 Å². The lowest BCUT2D eigenvalue weighted by Crippen LogP contribution is -2.20. The van der Waals surface area contributed by atoms with Gasteiger partial charge in [-0.25, -0.2) is 10.2 Å². The Morgan fingerprint density at radius 1 is 1.03 bits per heavy atom. The molecule has 0 spiro atoms. The van der Waals surface area contributed by atoms with Gasteiger partial charge in [0, 0.05) is 16.8 Å². The zero-order valence-corrected chi connectivity index (χ0v) is 20.2. The van der Waals surface area contributed by atoms with Gasteiger partial charge in [-0.1, -0.05) is 71.9 Å². The van der Waals surface area contributed by atoms with Gasteiger partial charge in [0.2, 0.25) is 0 Å². The highest BCUT2D eigenvalue weighted by atomic mass is 32.2. The van der Waals surface area contributed by atoms with Crippen molar-refractivity contribution in [2.75, 3.05) is 12.4 Å². The lowest BCUT2D eigenvalue weighted by Gasteiger charge is -2.10. The number of benzene rings is 3. The van der Waals surface area contributed by atoms with Gasteiger partial charge >= 0.3 is 5.97 Å². The van der Waals surface area contributed by atoms with Crippen LogP contribution in [-0.2, 0) is 9.59 Å². The van der Waals surface area contributed by atoms with Gasteiger partial charge in [0.05, 0.1) is 12.0 Å². The smallest absolute Gasteiger partial charge is 0.341 e. The van der Waals surface area contributed by atoms with E-state index in [1.807, 2.05) is 66.1 Å². The van der Waals surface area contributed by atoms with Crippen LogP contribution in [0.5, 0.6) is 5.75 Å². The third kappa shape index (κ3) is 6.36. The third-order valence-corrected chi connectivity index (χ3v) is 5.88. The fourth-order valence-corrected chi connectivity index (χ4v) is 4.00. The molecule has 0 aliphatic heterocycles. The number of aliphatic carboxylic acids is 1. The average Bonchev–Trinajstić information content (AvgIpc) is 3.32. The Kier molecular flexibility index (Phi) is 8.09. The molecule has 0 radical (unpaired) electrons. The average molecular weight is 502 g/mol. The maximum Gasteiger partial charge on any atom is 0.341 e. The van der Waals surface area contributed by atoms with Crippen molar-refractivity contribution in [3.8, 4) is 22.8 Å². The molecular weight excluding hydrogens is 478 g/mol. The first kappa shape index (κ1) is 24.7. The summed E-state index contributed by atoms with van der Waals surface area (Å²) >= 11 is 1.24. The van der Waals surface area contributed by atoms with E-state index in [1.54, 1.807) is 24.3 Å². The van der Waals surface area contributed by atoms with Crippen LogP contribution in [0.3, 0.4) is 0 Å². The molecule has 0 atom stereocenters. The van der Waals surface area contributed by atoms with Crippen LogP contribution in [0.2, 0.25) is 0 Å². The zero-order chi connectivity index (χ0) is 25.3. The lowest BCUT2D eigenvalue weighted by molar-refractivity contribution is -0.139. The second-order valence-corrected chi connectivity index (χ2v) is 8.59. The summed E-state index contributed by atoms with van der Waals surface area (Å²) in [4.78, 5) is 23.2. The number of ether oxygens (including phenoxy) is 1. The Labute approximate surface area is 211 Å². The molecular formula is C26H23N5O4S. The van der Waals surface area contributed by atoms with Gasteiger partial charge in [-0.3, -0.25) is 9.36 Å². The lowest BCUT2D eigenvalue weighted by atomic mass is 10.2. The summed E-state index contributed by atoms with van der Waals surface area (Å²) in [6.45, 7) is 1.55. The van der Waals surface area contributed by atoms with Gasteiger partial charge in [-0.2, -0.15) is 5.10 Å². The van der Waals surface area contributed by atoms with Crippen molar-refractivity contribution in [2.24, 2.45) is 5.10 Å². The van der Waals surface area contributed by atoms with Gasteiger partial charge in [0.1, 0.15) is 5.75 Å². The molecule has 1 heterocycles. The second kappa shape index (κ2) is 11.8. The number of para-hydroxylation sites is 1. The molecule has 2 N–H and O–H groups in total. The Morgan fingerprint density at radius 3 is 2.50 bits per heavy atom. The number of carboxylic acids is 1. The predicted octanol–water partition coefficient (Wildman–Crippen LogP) is 3.95. The Morgan fingerprint density at radius 2 is 1.75 bits per heavy atom. The molecule has 10 heteroatoms. The van der Waals surface area contributed by atoms with E-state index in [1.165, 1.54) is 18.0 Å². The molecule has 0 aliphatic rings. The van der Waals surface area contributed by atoms with Gasteiger partial charge in [0.15, 0.2) is 17.6 Å². The number of nitrogens with one attached hydrogen (secondary N) is 1. The summed E-state index contributed by atoms with van der Waals surface area (Å²) in [6.07, 6.45) is 1.40. The Hall–Kier alpha value is -4.44. The summed E-state index contributed by atoms with van der Waals surface area (Å²) in [7, 11) is 0. The first-order chi connectivity index (χ1) is 17.5. The van der Waals surface area contributed by atoms with E-state index in [-0.39, 0.29) is 11.7 Å². The van der Waals surface area contributed by atoms with E-state index in [0.29, 0.717) is 22.3 Å². The number of nitrogens with zero attached hydrogens (tertiary/aromatic N) is 4. The number of carbonyl (C=O) groups excluding carboxylic acids is 1. The number of hydrogen-bond donors (Lipinski definition) is 2. The minimum Gasteiger partial charge on any atom is -0.481 e. The van der Waals surface area contributed by atoms with Crippen molar-refractivity contribution >= 4 is 29.9 Å². The highest BCUT2D eigenvalue weighted by molar-refractivity contribution is 7.99. The van der Waals surface area contributed by atoms with Crippen LogP contribution in [0.4, 0.5) is 0 Å². The minimum absolute atomic E-state index is 0.0628. The van der Waals surface area contributed by atoms with E-state index < -0.39 is 12.6 Å². The van der Waals surface area contributed by atoms with Gasteiger partial charge < -0.3 is 9.84 Å². The Balaban J connectivity index is 1.45.